The van der Waals surface area contributed by atoms with Gasteiger partial charge in [-0.25, -0.2) is 23.2 Å². The number of anilines is 2. The summed E-state index contributed by atoms with van der Waals surface area (Å²) in [6.07, 6.45) is 36.0. The Bertz CT molecular complexity index is 4870. The van der Waals surface area contributed by atoms with Crippen LogP contribution in [0, 0.1) is 0 Å². The number of quaternary nitrogens is 4. The third-order valence-electron chi connectivity index (χ3n) is 26.3. The molecule has 0 saturated carbocycles. The van der Waals surface area contributed by atoms with Crippen LogP contribution in [0.4, 0.5) is 22.7 Å². The summed E-state index contributed by atoms with van der Waals surface area (Å²) < 4.78 is 14.6. The molecule has 2 unspecified atom stereocenters. The Hall–Kier alpha value is -6.40. The van der Waals surface area contributed by atoms with Gasteiger partial charge in [0.2, 0.25) is 11.9 Å². The fraction of sp³-hybridized carbons (Fsp3) is 0.518. The second-order valence-corrected chi connectivity index (χ2v) is 43.0. The Kier molecular flexibility index (Phi) is 55.4. The van der Waals surface area contributed by atoms with E-state index in [-0.39, 0.29) is 0 Å². The Morgan fingerprint density at radius 3 is 1.75 bits per heavy atom. The van der Waals surface area contributed by atoms with E-state index in [0.717, 1.165) is 128 Å². The number of benzene rings is 6. The third kappa shape index (κ3) is 40.8. The first-order chi connectivity index (χ1) is 64.9. The van der Waals surface area contributed by atoms with Gasteiger partial charge in [0.05, 0.1) is 106 Å². The smallest absolute Gasteiger partial charge is 0.239 e. The van der Waals surface area contributed by atoms with Crippen molar-refractivity contribution in [2.24, 2.45) is 14.1 Å². The topological polar surface area (TPSA) is 48.0 Å². The van der Waals surface area contributed by atoms with Gasteiger partial charge in [-0.2, -0.15) is 9.58 Å². The summed E-state index contributed by atoms with van der Waals surface area (Å²) in [5.74, 6) is 0. The fourth-order valence-corrected chi connectivity index (χ4v) is 19.9. The number of piperazine rings is 1. The van der Waals surface area contributed by atoms with Crippen molar-refractivity contribution in [2.45, 2.75) is 215 Å². The van der Waals surface area contributed by atoms with Gasteiger partial charge in [0.25, 0.3) is 0 Å². The van der Waals surface area contributed by atoms with Crippen molar-refractivity contribution in [3.63, 3.8) is 0 Å². The molecule has 6 aliphatic rings. The lowest BCUT2D eigenvalue weighted by molar-refractivity contribution is -1.01. The van der Waals surface area contributed by atoms with Gasteiger partial charge in [-0.05, 0) is 157 Å². The monoisotopic (exact) mass is 1960 g/mol. The first-order valence-corrected chi connectivity index (χ1v) is 57.0. The SMILES string of the molecule is CC1(C)Cc2ccccc2CN1CCC[Si].CN1C=[N+](CCC[Si])Cc2ccccc21.CN1CC[N+](C)(CCC[Si])CC1.C[N+]1(C)CCCCN1CCC[Si].C[N+]1(CCC[Si])CCCc2ccccc21.C[n+]1cc(CCC[Si])c2ccccc2c1.C[n+]1ccccc1CCC[Si].[Si]CCC[NH+]1CCNc2ccccc21.[Si]CCC[n+]1cccc2ccccc21.[Si]CCC[n+]1ccccc1. The number of para-hydroxylation sites is 5. The number of nitrogens with one attached hydrogen (secondary N) is 2. The van der Waals surface area contributed by atoms with E-state index < -0.39 is 0 Å². The van der Waals surface area contributed by atoms with Crippen LogP contribution < -0.4 is 37.9 Å². The second kappa shape index (κ2) is 64.8. The van der Waals surface area contributed by atoms with Crippen molar-refractivity contribution in [1.82, 2.24) is 19.3 Å². The molecular formula is C110H163N14Si10+9. The number of aryl methyl sites for hydroxylation is 7. The average Bonchev–Trinajstić information content (AvgIpc) is 0.795. The number of hydrogen-bond donors (Lipinski definition) is 2. The van der Waals surface area contributed by atoms with Crippen molar-refractivity contribution in [3.05, 3.63) is 265 Å². The number of hydrogen-bond acceptors (Lipinski definition) is 5. The molecule has 14 nitrogen and oxygen atoms in total. The third-order valence-corrected chi connectivity index (χ3v) is 29.8. The van der Waals surface area contributed by atoms with Crippen LogP contribution in [-0.2, 0) is 66.0 Å². The van der Waals surface area contributed by atoms with E-state index >= 15 is 0 Å². The van der Waals surface area contributed by atoms with Gasteiger partial charge >= 0.3 is 0 Å². The molecule has 6 aromatic carbocycles. The first kappa shape index (κ1) is 115. The van der Waals surface area contributed by atoms with Crippen molar-refractivity contribution in [2.75, 3.05) is 151 Å². The van der Waals surface area contributed by atoms with Gasteiger partial charge in [0.15, 0.2) is 48.6 Å². The van der Waals surface area contributed by atoms with E-state index in [0.29, 0.717) is 5.54 Å². The lowest BCUT2D eigenvalue weighted by Gasteiger charge is -2.43. The summed E-state index contributed by atoms with van der Waals surface area (Å²) in [5, 5.41) is 10.0. The van der Waals surface area contributed by atoms with Gasteiger partial charge in [-0.3, -0.25) is 23.8 Å². The molecule has 4 aromatic heterocycles. The Morgan fingerprint density at radius 1 is 0.470 bits per heavy atom. The normalized spacial score (nSPS) is 17.1. The molecule has 6 aliphatic heterocycles. The molecular weight excluding hydrogens is 1800 g/mol. The molecule has 704 valence electrons. The minimum absolute atomic E-state index is 0.301. The predicted octanol–water partition coefficient (Wildman–Crippen LogP) is 15.3. The van der Waals surface area contributed by atoms with Crippen LogP contribution in [0.5, 0.6) is 0 Å². The summed E-state index contributed by atoms with van der Waals surface area (Å²) in [6.45, 7) is 27.7. The van der Waals surface area contributed by atoms with Crippen molar-refractivity contribution in [1.29, 1.82) is 0 Å². The van der Waals surface area contributed by atoms with E-state index in [1.165, 1.54) is 246 Å². The van der Waals surface area contributed by atoms with Crippen LogP contribution in [0.25, 0.3) is 21.7 Å². The van der Waals surface area contributed by atoms with Crippen LogP contribution in [0.2, 0.25) is 60.4 Å². The van der Waals surface area contributed by atoms with E-state index in [1.54, 1.807) is 16.2 Å². The number of fused-ring (bicyclic) bond motifs is 6. The van der Waals surface area contributed by atoms with Crippen LogP contribution in [0.1, 0.15) is 131 Å². The lowest BCUT2D eigenvalue weighted by Crippen LogP contribution is -3.08. The number of pyridine rings is 4. The lowest BCUT2D eigenvalue weighted by atomic mass is 9.85. The molecule has 0 amide bonds. The molecule has 2 fully saturated rings. The van der Waals surface area contributed by atoms with Crippen molar-refractivity contribution in [3.8, 4) is 0 Å². The van der Waals surface area contributed by atoms with Crippen LogP contribution in [-0.4, -0.2) is 283 Å². The predicted molar refractivity (Wildman–Crippen MR) is 581 cm³/mol. The number of aromatic nitrogens is 4. The van der Waals surface area contributed by atoms with E-state index in [2.05, 4.69) is 440 Å². The zero-order valence-corrected chi connectivity index (χ0v) is 93.9. The van der Waals surface area contributed by atoms with Crippen molar-refractivity contribution >= 4 is 153 Å². The summed E-state index contributed by atoms with van der Waals surface area (Å²) in [7, 11) is 53.1. The summed E-state index contributed by atoms with van der Waals surface area (Å²) >= 11 is 0. The highest BCUT2D eigenvalue weighted by molar-refractivity contribution is 6.10. The largest absolute Gasteiger partial charge is 0.375 e. The standard InChI is InChI=1S/C14H20NSi.C13H19NSi.C13H15NSi.C12H16N2Si.C12H13NSi.C11H15N2Si.2C9H20N2Si.C9H13NSi.C8H11NSi/c1-14(2)10-12-6-3-4-7-13(12)11-15(14)8-5-9-16;1-14(10-5-11-15)9-4-7-12-6-2-3-8-13(12)14;1-14-9-11-5-2-3-7-13(11)12(10-14)6-4-8-15;1-13-10-14(7-4-8-15)9-11-5-2-3-6-12(11)13;14-10-4-9-13-8-3-6-11-5-1-2-7-12(11)13;14-9-3-7-13-8-6-12-10-4-1-2-5-11(10)13;1-10-4-7-11(2,8-5-10)6-3-9-12;1-11(2)8-4-3-6-10(11)7-5-9-12;1-10-7-3-2-5-9(10)6-4-8-11;10-8-4-7-9-5-2-1-3-6-9/h3-4,6-7H,5,8-11H2,1-2H3;2-3,6,8H,4-5,7,9-11H2,1H3;2-3,5,7,9-10H,4,6,8H2,1H3;2-3,5-6,10H,4,7-9H2,1H3;1-3,5-8H,4,9-10H2;1-2,4-5,12H,3,6-9H2;2*3-9H2,1-2H3;2-3,5,7H,4,6,8H2,1H3;1-3,5-6H,4,7-8H2/q;4*+1;;4*+1/p+1. The Labute approximate surface area is 847 Å². The summed E-state index contributed by atoms with van der Waals surface area (Å²) in [5.41, 5.74) is 16.1. The highest BCUT2D eigenvalue weighted by Gasteiger charge is 2.34. The molecule has 10 heterocycles. The first-order valence-electron chi connectivity index (χ1n) is 50.0. The highest BCUT2D eigenvalue weighted by atomic mass is 28.2. The second-order valence-electron chi connectivity index (χ2n) is 38.0. The molecule has 16 rings (SSSR count). The molecule has 0 bridgehead atoms. The molecule has 10 aromatic rings. The van der Waals surface area contributed by atoms with Crippen molar-refractivity contribution < 1.29 is 36.8 Å². The van der Waals surface area contributed by atoms with E-state index in [1.807, 2.05) is 18.2 Å². The van der Waals surface area contributed by atoms with Crippen LogP contribution in [0.15, 0.2) is 231 Å². The quantitative estimate of drug-likeness (QED) is 0.0267. The molecule has 2 N–H and O–H groups in total. The molecule has 2 atom stereocenters. The van der Waals surface area contributed by atoms with Crippen LogP contribution >= 0.6 is 0 Å². The molecule has 30 radical (unpaired) electrons. The maximum absolute atomic E-state index is 3.58. The van der Waals surface area contributed by atoms with Gasteiger partial charge < -0.3 is 9.80 Å². The molecule has 24 heteroatoms. The average molecular weight is 1960 g/mol. The fourth-order valence-electron chi connectivity index (χ4n) is 18.3. The minimum atomic E-state index is 0.301. The number of nitrogens with zero attached hydrogens (tertiary/aromatic N) is 12. The zero-order chi connectivity index (χ0) is 96.7. The zero-order valence-electron chi connectivity index (χ0n) is 83.9. The van der Waals surface area contributed by atoms with E-state index in [4.69, 9.17) is 0 Å². The van der Waals surface area contributed by atoms with Gasteiger partial charge in [0, 0.05) is 236 Å². The highest BCUT2D eigenvalue weighted by Crippen LogP contribution is 2.34. The summed E-state index contributed by atoms with van der Waals surface area (Å²) in [4.78, 5) is 8.84. The molecule has 0 spiro atoms. The minimum Gasteiger partial charge on any atom is -0.375 e. The van der Waals surface area contributed by atoms with Gasteiger partial charge in [-0.15, -0.1) is 0 Å². The van der Waals surface area contributed by atoms with Crippen LogP contribution in [0.3, 0.4) is 0 Å². The molecule has 0 aliphatic carbocycles. The maximum atomic E-state index is 3.58. The molecule has 134 heavy (non-hydrogen) atoms. The van der Waals surface area contributed by atoms with Gasteiger partial charge in [0.1, 0.15) is 45.1 Å². The van der Waals surface area contributed by atoms with E-state index in [9.17, 15) is 0 Å². The Balaban J connectivity index is 0.000000204. The van der Waals surface area contributed by atoms with Gasteiger partial charge in [-0.1, -0.05) is 182 Å². The molecule has 2 saturated heterocycles. The number of likely N-dealkylation sites (N-methyl/N-ethyl adjacent to an activating group) is 2. The maximum Gasteiger partial charge on any atom is 0.239 e. The summed E-state index contributed by atoms with van der Waals surface area (Å²) in [6, 6.07) is 79.7. The Morgan fingerprint density at radius 2 is 1.05 bits per heavy atom. The number of rotatable bonds is 30.